The lowest BCUT2D eigenvalue weighted by Gasteiger charge is -2.12. The number of benzene rings is 1. The number of rotatable bonds is 5. The van der Waals surface area contributed by atoms with E-state index in [1.807, 2.05) is 0 Å². The van der Waals surface area contributed by atoms with E-state index in [0.717, 1.165) is 11.8 Å². The van der Waals surface area contributed by atoms with Crippen molar-refractivity contribution in [3.05, 3.63) is 29.3 Å². The van der Waals surface area contributed by atoms with Gasteiger partial charge in [-0.15, -0.1) is 0 Å². The molecule has 0 heterocycles. The van der Waals surface area contributed by atoms with E-state index in [2.05, 4.69) is 10.6 Å². The Morgan fingerprint density at radius 3 is 2.65 bits per heavy atom. The van der Waals surface area contributed by atoms with Crippen LogP contribution >= 0.6 is 23.4 Å². The molecule has 0 fully saturated rings. The largest absolute Gasteiger partial charge is 0.480 e. The van der Waals surface area contributed by atoms with Gasteiger partial charge in [0, 0.05) is 23.4 Å². The van der Waals surface area contributed by atoms with Crippen LogP contribution in [0.3, 0.4) is 0 Å². The first-order valence-corrected chi connectivity index (χ1v) is 6.94. The van der Waals surface area contributed by atoms with Gasteiger partial charge in [-0.05, 0) is 18.2 Å². The first kappa shape index (κ1) is 16.3. The maximum absolute atomic E-state index is 11.6. The first-order chi connectivity index (χ1) is 9.38. The van der Waals surface area contributed by atoms with E-state index in [4.69, 9.17) is 16.7 Å². The summed E-state index contributed by atoms with van der Waals surface area (Å²) in [4.78, 5) is 33.3. The van der Waals surface area contributed by atoms with Crippen molar-refractivity contribution in [2.45, 2.75) is 13.0 Å². The van der Waals surface area contributed by atoms with E-state index < -0.39 is 23.2 Å². The Morgan fingerprint density at radius 2 is 2.10 bits per heavy atom. The molecule has 0 unspecified atom stereocenters. The summed E-state index contributed by atoms with van der Waals surface area (Å²) in [5, 5.41) is 13.7. The Hall–Kier alpha value is -1.73. The normalized spacial score (nSPS) is 11.5. The number of carbonyl (C=O) groups is 3. The van der Waals surface area contributed by atoms with Gasteiger partial charge in [-0.25, -0.2) is 4.79 Å². The summed E-state index contributed by atoms with van der Waals surface area (Å²) in [5.74, 6) is -1.72. The molecule has 1 rings (SSSR count). The predicted molar refractivity (Wildman–Crippen MR) is 78.2 cm³/mol. The maximum Gasteiger partial charge on any atom is 0.327 e. The van der Waals surface area contributed by atoms with E-state index >= 15 is 0 Å². The number of thioether (sulfide) groups is 1. The highest BCUT2D eigenvalue weighted by Gasteiger charge is 2.20. The number of carbonyl (C=O) groups excluding carboxylic acids is 2. The zero-order chi connectivity index (χ0) is 15.1. The molecule has 0 radical (unpaired) electrons. The van der Waals surface area contributed by atoms with Crippen LogP contribution in [0, 0.1) is 0 Å². The summed E-state index contributed by atoms with van der Waals surface area (Å²) in [6.45, 7) is 1.21. The van der Waals surface area contributed by atoms with Gasteiger partial charge in [-0.1, -0.05) is 29.4 Å². The Labute approximate surface area is 124 Å². The molecular weight excluding hydrogens is 304 g/mol. The molecule has 2 amide bonds. The third kappa shape index (κ3) is 5.94. The number of halogens is 1. The molecule has 6 nitrogen and oxygen atoms in total. The zero-order valence-electron chi connectivity index (χ0n) is 10.6. The second-order valence-corrected chi connectivity index (χ2v) is 5.25. The number of hydrogen-bond acceptors (Lipinski definition) is 4. The minimum absolute atomic E-state index is 0.0681. The molecule has 1 atom stereocenters. The fourth-order valence-corrected chi connectivity index (χ4v) is 2.22. The fraction of sp³-hybridized carbons (Fsp3) is 0.250. The molecule has 0 aliphatic carbocycles. The van der Waals surface area contributed by atoms with Crippen LogP contribution in [-0.4, -0.2) is 34.0 Å². The van der Waals surface area contributed by atoms with E-state index in [1.165, 1.54) is 6.92 Å². The smallest absolute Gasteiger partial charge is 0.327 e. The Bertz CT molecular complexity index is 524. The highest BCUT2D eigenvalue weighted by molar-refractivity contribution is 8.13. The topological polar surface area (TPSA) is 95.5 Å². The Kier molecular flexibility index (Phi) is 6.33. The molecular formula is C12H13ClN2O4S. The van der Waals surface area contributed by atoms with Gasteiger partial charge in [0.2, 0.25) is 5.91 Å². The van der Waals surface area contributed by atoms with Gasteiger partial charge in [-0.2, -0.15) is 0 Å². The molecule has 0 aliphatic rings. The molecule has 108 valence electrons. The number of carboxylic acids is 1. The number of anilines is 1. The van der Waals surface area contributed by atoms with Gasteiger partial charge >= 0.3 is 5.97 Å². The molecule has 3 N–H and O–H groups in total. The van der Waals surface area contributed by atoms with Crippen LogP contribution < -0.4 is 10.6 Å². The van der Waals surface area contributed by atoms with E-state index in [9.17, 15) is 14.4 Å². The molecule has 1 aromatic rings. The Morgan fingerprint density at radius 1 is 1.40 bits per heavy atom. The minimum atomic E-state index is -1.19. The molecule has 0 aromatic heterocycles. The quantitative estimate of drug-likeness (QED) is 0.774. The van der Waals surface area contributed by atoms with Crippen molar-refractivity contribution in [3.63, 3.8) is 0 Å². The average molecular weight is 317 g/mol. The van der Waals surface area contributed by atoms with Crippen LogP contribution in [0.1, 0.15) is 6.92 Å². The van der Waals surface area contributed by atoms with Crippen LogP contribution in [0.4, 0.5) is 10.5 Å². The standard InChI is InChI=1S/C12H13ClN2O4S/c1-7(16)14-10(11(17)18)6-20-12(19)15-9-4-2-3-8(13)5-9/h2-5,10H,6H2,1H3,(H,14,16)(H,15,19)(H,17,18)/t10-/m0/s1. The number of nitrogens with one attached hydrogen (secondary N) is 2. The van der Waals surface area contributed by atoms with Crippen LogP contribution in [0.25, 0.3) is 0 Å². The van der Waals surface area contributed by atoms with Crippen molar-refractivity contribution < 1.29 is 19.5 Å². The lowest BCUT2D eigenvalue weighted by molar-refractivity contribution is -0.140. The van der Waals surface area contributed by atoms with Gasteiger partial charge in [0.25, 0.3) is 5.24 Å². The summed E-state index contributed by atoms with van der Waals surface area (Å²) in [6.07, 6.45) is 0. The molecule has 0 spiro atoms. The van der Waals surface area contributed by atoms with Crippen molar-refractivity contribution in [1.29, 1.82) is 0 Å². The highest BCUT2D eigenvalue weighted by Crippen LogP contribution is 2.17. The monoisotopic (exact) mass is 316 g/mol. The van der Waals surface area contributed by atoms with Crippen molar-refractivity contribution >= 4 is 46.2 Å². The molecule has 0 saturated heterocycles. The first-order valence-electron chi connectivity index (χ1n) is 5.57. The molecule has 20 heavy (non-hydrogen) atoms. The van der Waals surface area contributed by atoms with Crippen LogP contribution in [-0.2, 0) is 9.59 Å². The average Bonchev–Trinajstić information content (AvgIpc) is 2.33. The summed E-state index contributed by atoms with van der Waals surface area (Å²) in [5.41, 5.74) is 0.515. The molecule has 1 aromatic carbocycles. The van der Waals surface area contributed by atoms with Crippen LogP contribution in [0.2, 0.25) is 5.02 Å². The Balaban J connectivity index is 2.49. The lowest BCUT2D eigenvalue weighted by Crippen LogP contribution is -2.41. The second-order valence-electron chi connectivity index (χ2n) is 3.83. The summed E-state index contributed by atoms with van der Waals surface area (Å²) >= 11 is 6.54. The minimum Gasteiger partial charge on any atom is -0.480 e. The second kappa shape index (κ2) is 7.76. The van der Waals surface area contributed by atoms with Crippen LogP contribution in [0.15, 0.2) is 24.3 Å². The van der Waals surface area contributed by atoms with Crippen molar-refractivity contribution in [3.8, 4) is 0 Å². The van der Waals surface area contributed by atoms with Gasteiger partial charge in [0.1, 0.15) is 6.04 Å². The zero-order valence-corrected chi connectivity index (χ0v) is 12.1. The third-order valence-corrected chi connectivity index (χ3v) is 3.23. The number of amides is 2. The van der Waals surface area contributed by atoms with Crippen molar-refractivity contribution in [1.82, 2.24) is 5.32 Å². The van der Waals surface area contributed by atoms with Crippen LogP contribution in [0.5, 0.6) is 0 Å². The van der Waals surface area contributed by atoms with Gasteiger partial charge in [-0.3, -0.25) is 9.59 Å². The maximum atomic E-state index is 11.6. The third-order valence-electron chi connectivity index (χ3n) is 2.13. The number of aliphatic carboxylic acids is 1. The lowest BCUT2D eigenvalue weighted by atomic mass is 10.3. The summed E-state index contributed by atoms with van der Waals surface area (Å²) < 4.78 is 0. The van der Waals surface area contributed by atoms with E-state index in [-0.39, 0.29) is 5.75 Å². The van der Waals surface area contributed by atoms with Crippen molar-refractivity contribution in [2.24, 2.45) is 0 Å². The summed E-state index contributed by atoms with van der Waals surface area (Å²) in [7, 11) is 0. The molecule has 0 bridgehead atoms. The number of hydrogen-bond donors (Lipinski definition) is 3. The van der Waals surface area contributed by atoms with E-state index in [1.54, 1.807) is 24.3 Å². The van der Waals surface area contributed by atoms with Gasteiger partial charge in [0.15, 0.2) is 0 Å². The highest BCUT2D eigenvalue weighted by atomic mass is 35.5. The van der Waals surface area contributed by atoms with E-state index in [0.29, 0.717) is 10.7 Å². The van der Waals surface area contributed by atoms with Gasteiger partial charge in [0.05, 0.1) is 0 Å². The molecule has 0 aliphatic heterocycles. The van der Waals surface area contributed by atoms with Gasteiger partial charge < -0.3 is 15.7 Å². The summed E-state index contributed by atoms with van der Waals surface area (Å²) in [6, 6.07) is 5.47. The number of carboxylic acid groups (broad SMARTS) is 1. The molecule has 0 saturated carbocycles. The SMILES string of the molecule is CC(=O)N[C@@H](CSC(=O)Nc1cccc(Cl)c1)C(=O)O. The fourth-order valence-electron chi connectivity index (χ4n) is 1.30. The van der Waals surface area contributed by atoms with Crippen molar-refractivity contribution in [2.75, 3.05) is 11.1 Å². The molecule has 8 heteroatoms. The predicted octanol–water partition coefficient (Wildman–Crippen LogP) is 2.19.